The Kier molecular flexibility index (Phi) is 4.15. The molecule has 0 aliphatic carbocycles. The van der Waals surface area contributed by atoms with E-state index in [0.29, 0.717) is 11.8 Å². The molecule has 0 aromatic carbocycles. The molecule has 0 aliphatic heterocycles. The molecular weight excluding hydrogens is 234 g/mol. The second-order valence-corrected chi connectivity index (χ2v) is 5.33. The molecule has 100 valence electrons. The summed E-state index contributed by atoms with van der Waals surface area (Å²) in [5.74, 6) is 2.55. The van der Waals surface area contributed by atoms with Crippen molar-refractivity contribution in [2.24, 2.45) is 0 Å². The Morgan fingerprint density at radius 3 is 1.53 bits per heavy atom. The van der Waals surface area contributed by atoms with E-state index >= 15 is 0 Å². The zero-order valence-electron chi connectivity index (χ0n) is 12.0. The Balaban J connectivity index is 2.21. The lowest BCUT2D eigenvalue weighted by Crippen LogP contribution is -2.01. The smallest absolute Gasteiger partial charge is 0.131 e. The van der Waals surface area contributed by atoms with Gasteiger partial charge in [-0.25, -0.2) is 9.97 Å². The molecule has 0 atom stereocenters. The maximum Gasteiger partial charge on any atom is 0.131 e. The topological polar surface area (TPSA) is 37.8 Å². The summed E-state index contributed by atoms with van der Waals surface area (Å²) in [6, 6.07) is 12.1. The van der Waals surface area contributed by atoms with Gasteiger partial charge in [0.15, 0.2) is 0 Å². The molecule has 0 bridgehead atoms. The van der Waals surface area contributed by atoms with Crippen LogP contribution < -0.4 is 5.32 Å². The predicted octanol–water partition coefficient (Wildman–Crippen LogP) is 4.47. The Bertz CT molecular complexity index is 498. The number of aromatic nitrogens is 2. The van der Waals surface area contributed by atoms with Gasteiger partial charge in [-0.2, -0.15) is 0 Å². The monoisotopic (exact) mass is 255 g/mol. The van der Waals surface area contributed by atoms with E-state index in [1.165, 1.54) is 0 Å². The Morgan fingerprint density at radius 1 is 0.737 bits per heavy atom. The highest BCUT2D eigenvalue weighted by Gasteiger charge is 2.05. The van der Waals surface area contributed by atoms with E-state index in [0.717, 1.165) is 23.0 Å². The van der Waals surface area contributed by atoms with E-state index in [2.05, 4.69) is 43.0 Å². The molecule has 3 nitrogen and oxygen atoms in total. The minimum absolute atomic E-state index is 0.428. The molecule has 0 amide bonds. The van der Waals surface area contributed by atoms with Gasteiger partial charge in [-0.15, -0.1) is 0 Å². The summed E-state index contributed by atoms with van der Waals surface area (Å²) in [5, 5.41) is 3.27. The van der Waals surface area contributed by atoms with Crippen LogP contribution in [0.3, 0.4) is 0 Å². The molecule has 19 heavy (non-hydrogen) atoms. The van der Waals surface area contributed by atoms with Crippen molar-refractivity contribution in [2.75, 3.05) is 5.32 Å². The van der Waals surface area contributed by atoms with Crippen molar-refractivity contribution in [3.05, 3.63) is 47.8 Å². The van der Waals surface area contributed by atoms with E-state index in [1.807, 2.05) is 36.4 Å². The van der Waals surface area contributed by atoms with Gasteiger partial charge in [0.25, 0.3) is 0 Å². The van der Waals surface area contributed by atoms with Gasteiger partial charge in [0.1, 0.15) is 11.6 Å². The molecule has 0 spiro atoms. The molecule has 0 aliphatic rings. The van der Waals surface area contributed by atoms with E-state index in [1.54, 1.807) is 0 Å². The zero-order valence-corrected chi connectivity index (χ0v) is 12.0. The maximum absolute atomic E-state index is 4.59. The first-order chi connectivity index (χ1) is 9.06. The maximum atomic E-state index is 4.59. The van der Waals surface area contributed by atoms with Crippen LogP contribution in [0.5, 0.6) is 0 Å². The average Bonchev–Trinajstić information content (AvgIpc) is 2.39. The van der Waals surface area contributed by atoms with Crippen LogP contribution in [0.15, 0.2) is 36.4 Å². The third-order valence-electron chi connectivity index (χ3n) is 2.98. The van der Waals surface area contributed by atoms with Gasteiger partial charge in [0.2, 0.25) is 0 Å². The summed E-state index contributed by atoms with van der Waals surface area (Å²) < 4.78 is 0. The van der Waals surface area contributed by atoms with Crippen molar-refractivity contribution in [3.63, 3.8) is 0 Å². The van der Waals surface area contributed by atoms with Crippen molar-refractivity contribution in [3.8, 4) is 0 Å². The fraction of sp³-hybridized carbons (Fsp3) is 0.375. The van der Waals surface area contributed by atoms with Crippen LogP contribution in [0.25, 0.3) is 0 Å². The second-order valence-electron chi connectivity index (χ2n) is 5.33. The van der Waals surface area contributed by atoms with Crippen molar-refractivity contribution >= 4 is 11.6 Å². The van der Waals surface area contributed by atoms with Gasteiger partial charge in [-0.05, 0) is 36.1 Å². The Hall–Kier alpha value is -1.90. The number of rotatable bonds is 4. The molecular formula is C16H21N3. The molecule has 3 heteroatoms. The summed E-state index contributed by atoms with van der Waals surface area (Å²) in [5.41, 5.74) is 2.18. The standard InChI is InChI=1S/C16H21N3/c1-11(2)13-7-5-9-15(17-13)19-16-10-6-8-14(18-16)12(3)4/h5-12H,1-4H3,(H,17,18,19). The van der Waals surface area contributed by atoms with Crippen LogP contribution in [-0.4, -0.2) is 9.97 Å². The van der Waals surface area contributed by atoms with Gasteiger partial charge in [-0.3, -0.25) is 0 Å². The number of hydrogen-bond donors (Lipinski definition) is 1. The molecule has 2 rings (SSSR count). The lowest BCUT2D eigenvalue weighted by molar-refractivity contribution is 0.820. The lowest BCUT2D eigenvalue weighted by atomic mass is 10.1. The largest absolute Gasteiger partial charge is 0.325 e. The third-order valence-corrected chi connectivity index (χ3v) is 2.98. The van der Waals surface area contributed by atoms with Gasteiger partial charge in [0.05, 0.1) is 0 Å². The first-order valence-corrected chi connectivity index (χ1v) is 6.77. The molecule has 0 fully saturated rings. The molecule has 0 radical (unpaired) electrons. The highest BCUT2D eigenvalue weighted by molar-refractivity contribution is 5.52. The van der Waals surface area contributed by atoms with Crippen molar-refractivity contribution in [1.29, 1.82) is 0 Å². The minimum atomic E-state index is 0.428. The summed E-state index contributed by atoms with van der Waals surface area (Å²) in [7, 11) is 0. The molecule has 2 aromatic rings. The number of anilines is 2. The summed E-state index contributed by atoms with van der Waals surface area (Å²) in [4.78, 5) is 9.18. The fourth-order valence-corrected chi connectivity index (χ4v) is 1.82. The van der Waals surface area contributed by atoms with E-state index in [9.17, 15) is 0 Å². The van der Waals surface area contributed by atoms with E-state index in [4.69, 9.17) is 0 Å². The van der Waals surface area contributed by atoms with E-state index < -0.39 is 0 Å². The highest BCUT2D eigenvalue weighted by atomic mass is 15.1. The van der Waals surface area contributed by atoms with Gasteiger partial charge in [-0.1, -0.05) is 39.8 Å². The van der Waals surface area contributed by atoms with Crippen LogP contribution in [0, 0.1) is 0 Å². The predicted molar refractivity (Wildman–Crippen MR) is 79.9 cm³/mol. The lowest BCUT2D eigenvalue weighted by Gasteiger charge is -2.10. The molecule has 0 unspecified atom stereocenters. The normalized spacial score (nSPS) is 11.1. The molecule has 0 saturated heterocycles. The number of nitrogens with zero attached hydrogens (tertiary/aromatic N) is 2. The average molecular weight is 255 g/mol. The quantitative estimate of drug-likeness (QED) is 0.876. The van der Waals surface area contributed by atoms with E-state index in [-0.39, 0.29) is 0 Å². The zero-order chi connectivity index (χ0) is 13.8. The summed E-state index contributed by atoms with van der Waals surface area (Å²) >= 11 is 0. The minimum Gasteiger partial charge on any atom is -0.325 e. The first-order valence-electron chi connectivity index (χ1n) is 6.77. The van der Waals surface area contributed by atoms with Crippen molar-refractivity contribution in [1.82, 2.24) is 9.97 Å². The third kappa shape index (κ3) is 3.53. The Labute approximate surface area is 115 Å². The van der Waals surface area contributed by atoms with Crippen LogP contribution in [0.4, 0.5) is 11.6 Å². The van der Waals surface area contributed by atoms with Crippen LogP contribution >= 0.6 is 0 Å². The van der Waals surface area contributed by atoms with Crippen LogP contribution in [0.2, 0.25) is 0 Å². The second kappa shape index (κ2) is 5.83. The Morgan fingerprint density at radius 2 is 1.16 bits per heavy atom. The number of hydrogen-bond acceptors (Lipinski definition) is 3. The van der Waals surface area contributed by atoms with Crippen molar-refractivity contribution in [2.45, 2.75) is 39.5 Å². The van der Waals surface area contributed by atoms with Gasteiger partial charge < -0.3 is 5.32 Å². The first kappa shape index (κ1) is 13.5. The summed E-state index contributed by atoms with van der Waals surface area (Å²) in [6.45, 7) is 8.57. The molecule has 1 N–H and O–H groups in total. The van der Waals surface area contributed by atoms with Crippen molar-refractivity contribution < 1.29 is 0 Å². The fourth-order valence-electron chi connectivity index (χ4n) is 1.82. The SMILES string of the molecule is CC(C)c1cccc(Nc2cccc(C(C)C)n2)n1. The van der Waals surface area contributed by atoms with Crippen LogP contribution in [0.1, 0.15) is 50.9 Å². The summed E-state index contributed by atoms with van der Waals surface area (Å²) in [6.07, 6.45) is 0. The molecule has 2 aromatic heterocycles. The molecule has 2 heterocycles. The molecule has 0 saturated carbocycles. The van der Waals surface area contributed by atoms with Gasteiger partial charge >= 0.3 is 0 Å². The van der Waals surface area contributed by atoms with Crippen LogP contribution in [-0.2, 0) is 0 Å². The number of nitrogens with one attached hydrogen (secondary N) is 1. The number of pyridine rings is 2. The van der Waals surface area contributed by atoms with Gasteiger partial charge in [0, 0.05) is 11.4 Å². The highest BCUT2D eigenvalue weighted by Crippen LogP contribution is 2.19.